The Morgan fingerprint density at radius 3 is 2.82 bits per heavy atom. The van der Waals surface area contributed by atoms with Crippen molar-refractivity contribution in [3.05, 3.63) is 72.3 Å². The highest BCUT2D eigenvalue weighted by Crippen LogP contribution is 2.26. The second-order valence-corrected chi connectivity index (χ2v) is 9.12. The number of halogens is 1. The third-order valence-electron chi connectivity index (χ3n) is 6.38. The molecule has 0 bridgehead atoms. The molecule has 1 aliphatic rings. The Kier molecular flexibility index (Phi) is 6.23. The Hall–Kier alpha value is -5.07. The van der Waals surface area contributed by atoms with Gasteiger partial charge in [0.2, 0.25) is 11.9 Å². The van der Waals surface area contributed by atoms with Crippen molar-refractivity contribution in [2.24, 2.45) is 7.05 Å². The lowest BCUT2D eigenvalue weighted by atomic mass is 10.2. The normalized spacial score (nSPS) is 15.8. The van der Waals surface area contributed by atoms with Crippen molar-refractivity contribution < 1.29 is 18.7 Å². The Bertz CT molecular complexity index is 1680. The number of nitrogens with zero attached hydrogens (tertiary/aromatic N) is 7. The molecule has 2 amide bonds. The molecule has 12 nitrogen and oxygen atoms in total. The van der Waals surface area contributed by atoms with E-state index in [9.17, 15) is 14.0 Å². The molecule has 198 valence electrons. The largest absolute Gasteiger partial charge is 0.445 e. The van der Waals surface area contributed by atoms with Gasteiger partial charge in [0.25, 0.3) is 0 Å². The minimum atomic E-state index is -0.914. The van der Waals surface area contributed by atoms with Crippen molar-refractivity contribution in [1.29, 1.82) is 0 Å². The summed E-state index contributed by atoms with van der Waals surface area (Å²) in [5, 5.41) is 15.1. The van der Waals surface area contributed by atoms with Crippen molar-refractivity contribution in [2.75, 3.05) is 25.0 Å². The summed E-state index contributed by atoms with van der Waals surface area (Å²) < 4.78 is 23.4. The Labute approximate surface area is 221 Å². The first-order chi connectivity index (χ1) is 19.0. The van der Waals surface area contributed by atoms with Crippen molar-refractivity contribution in [1.82, 2.24) is 39.6 Å². The van der Waals surface area contributed by atoms with E-state index in [0.29, 0.717) is 22.4 Å². The van der Waals surface area contributed by atoms with Gasteiger partial charge in [-0.15, -0.1) is 5.10 Å². The number of aryl methyl sites for hydroxylation is 1. The van der Waals surface area contributed by atoms with E-state index >= 15 is 0 Å². The number of benzene rings is 2. The number of carbonyl (C=O) groups excluding carboxylic acids is 2. The number of carbonyl (C=O) groups is 2. The Morgan fingerprint density at radius 1 is 1.18 bits per heavy atom. The predicted octanol–water partition coefficient (Wildman–Crippen LogP) is 2.37. The first-order valence-corrected chi connectivity index (χ1v) is 12.3. The molecule has 0 radical (unpaired) electrons. The number of amides is 2. The average molecular weight is 530 g/mol. The molecule has 0 aliphatic carbocycles. The van der Waals surface area contributed by atoms with Crippen LogP contribution in [0.1, 0.15) is 5.56 Å². The molecule has 6 rings (SSSR count). The standard InChI is InChI=1S/C26H24FN9O3/c1-34-13-17(12-29-34)22-32-23-18-8-5-9-19(27)21(18)31-25(36(23)33-22)30-20-14-35(11-10-28-24(20)37)26(38)39-15-16-6-3-2-4-7-16/h2-9,12-13,20H,10-11,14-15H2,1H3,(H,28,37)(H,30,31)/t20-/m1/s1. The second-order valence-electron chi connectivity index (χ2n) is 9.12. The molecule has 5 aromatic rings. The number of ether oxygens (including phenoxy) is 1. The van der Waals surface area contributed by atoms with Gasteiger partial charge in [-0.2, -0.15) is 9.61 Å². The van der Waals surface area contributed by atoms with Crippen molar-refractivity contribution >= 4 is 34.5 Å². The van der Waals surface area contributed by atoms with Gasteiger partial charge in [0.1, 0.15) is 24.0 Å². The van der Waals surface area contributed by atoms with Crippen LogP contribution >= 0.6 is 0 Å². The summed E-state index contributed by atoms with van der Waals surface area (Å²) in [6, 6.07) is 13.0. The van der Waals surface area contributed by atoms with Gasteiger partial charge in [-0.05, 0) is 17.7 Å². The smallest absolute Gasteiger partial charge is 0.410 e. The zero-order valence-corrected chi connectivity index (χ0v) is 20.9. The van der Waals surface area contributed by atoms with Crippen LogP contribution in [0, 0.1) is 5.82 Å². The Morgan fingerprint density at radius 2 is 2.03 bits per heavy atom. The highest BCUT2D eigenvalue weighted by molar-refractivity contribution is 5.94. The van der Waals surface area contributed by atoms with Crippen LogP contribution in [-0.4, -0.2) is 71.9 Å². The van der Waals surface area contributed by atoms with Crippen LogP contribution in [0.2, 0.25) is 0 Å². The fourth-order valence-corrected chi connectivity index (χ4v) is 4.42. The molecule has 2 N–H and O–H groups in total. The highest BCUT2D eigenvalue weighted by atomic mass is 19.1. The molecule has 0 saturated carbocycles. The minimum absolute atomic E-state index is 0.00208. The van der Waals surface area contributed by atoms with Crippen LogP contribution in [0.4, 0.5) is 15.1 Å². The number of para-hydroxylation sites is 1. The van der Waals surface area contributed by atoms with E-state index in [1.54, 1.807) is 36.3 Å². The van der Waals surface area contributed by atoms with Gasteiger partial charge >= 0.3 is 6.09 Å². The summed E-state index contributed by atoms with van der Waals surface area (Å²) in [4.78, 5) is 36.3. The van der Waals surface area contributed by atoms with E-state index in [2.05, 4.69) is 30.8 Å². The van der Waals surface area contributed by atoms with Crippen LogP contribution in [0.3, 0.4) is 0 Å². The maximum atomic E-state index is 14.8. The SMILES string of the molecule is Cn1cc(-c2nc3c4cccc(F)c4nc(N[C@@H]4CN(C(=O)OCc5ccccc5)CCNC4=O)n3n2)cn1. The first kappa shape index (κ1) is 24.3. The monoisotopic (exact) mass is 529 g/mol. The lowest BCUT2D eigenvalue weighted by molar-refractivity contribution is -0.121. The number of hydrogen-bond donors (Lipinski definition) is 2. The molecule has 1 fully saturated rings. The fraction of sp³-hybridized carbons (Fsp3) is 0.231. The van der Waals surface area contributed by atoms with Gasteiger partial charge in [0.05, 0.1) is 18.3 Å². The maximum absolute atomic E-state index is 14.8. The first-order valence-electron chi connectivity index (χ1n) is 12.3. The molecule has 0 spiro atoms. The van der Waals surface area contributed by atoms with E-state index < -0.39 is 18.0 Å². The van der Waals surface area contributed by atoms with Crippen LogP contribution in [0.5, 0.6) is 0 Å². The van der Waals surface area contributed by atoms with E-state index in [0.717, 1.165) is 5.56 Å². The second kappa shape index (κ2) is 10.0. The lowest BCUT2D eigenvalue weighted by Crippen LogP contribution is -2.44. The quantitative estimate of drug-likeness (QED) is 0.355. The number of aromatic nitrogens is 6. The minimum Gasteiger partial charge on any atom is -0.445 e. The molecule has 39 heavy (non-hydrogen) atoms. The summed E-state index contributed by atoms with van der Waals surface area (Å²) in [6.45, 7) is 0.627. The highest BCUT2D eigenvalue weighted by Gasteiger charge is 2.30. The molecule has 3 aromatic heterocycles. The van der Waals surface area contributed by atoms with E-state index in [1.807, 2.05) is 30.3 Å². The third-order valence-corrected chi connectivity index (χ3v) is 6.38. The number of fused-ring (bicyclic) bond motifs is 3. The predicted molar refractivity (Wildman–Crippen MR) is 139 cm³/mol. The molecule has 1 aliphatic heterocycles. The zero-order chi connectivity index (χ0) is 26.9. The molecular formula is C26H24FN9O3. The van der Waals surface area contributed by atoms with Gasteiger partial charge in [0, 0.05) is 31.7 Å². The molecule has 1 atom stereocenters. The van der Waals surface area contributed by atoms with E-state index in [1.165, 1.54) is 15.5 Å². The van der Waals surface area contributed by atoms with Gasteiger partial charge in [-0.25, -0.2) is 19.2 Å². The van der Waals surface area contributed by atoms with Crippen LogP contribution in [0.25, 0.3) is 27.9 Å². The summed E-state index contributed by atoms with van der Waals surface area (Å²) >= 11 is 0. The Balaban J connectivity index is 1.32. The van der Waals surface area contributed by atoms with Gasteiger partial charge in [-0.3, -0.25) is 9.48 Å². The van der Waals surface area contributed by atoms with E-state index in [4.69, 9.17) is 4.74 Å². The van der Waals surface area contributed by atoms with Gasteiger partial charge in [-0.1, -0.05) is 36.4 Å². The molecule has 1 saturated heterocycles. The molecule has 0 unspecified atom stereocenters. The van der Waals surface area contributed by atoms with Crippen LogP contribution in [0.15, 0.2) is 60.9 Å². The summed E-state index contributed by atoms with van der Waals surface area (Å²) in [7, 11) is 1.78. The average Bonchev–Trinajstić information content (AvgIpc) is 3.54. The third kappa shape index (κ3) is 4.81. The van der Waals surface area contributed by atoms with Gasteiger partial charge < -0.3 is 20.3 Å². The molecule has 2 aromatic carbocycles. The molecular weight excluding hydrogens is 505 g/mol. The van der Waals surface area contributed by atoms with Crippen molar-refractivity contribution in [3.63, 3.8) is 0 Å². The van der Waals surface area contributed by atoms with Crippen molar-refractivity contribution in [2.45, 2.75) is 12.6 Å². The molecule has 4 heterocycles. The van der Waals surface area contributed by atoms with E-state index in [-0.39, 0.29) is 43.6 Å². The lowest BCUT2D eigenvalue weighted by Gasteiger charge is -2.23. The number of anilines is 1. The van der Waals surface area contributed by atoms with Crippen molar-refractivity contribution in [3.8, 4) is 11.4 Å². The maximum Gasteiger partial charge on any atom is 0.410 e. The number of hydrogen-bond acceptors (Lipinski definition) is 8. The van der Waals surface area contributed by atoms with Crippen LogP contribution in [-0.2, 0) is 23.2 Å². The summed E-state index contributed by atoms with van der Waals surface area (Å²) in [5.74, 6) is -0.420. The summed E-state index contributed by atoms with van der Waals surface area (Å²) in [6.07, 6.45) is 2.83. The number of nitrogens with one attached hydrogen (secondary N) is 2. The van der Waals surface area contributed by atoms with Gasteiger partial charge in [0.15, 0.2) is 11.5 Å². The van der Waals surface area contributed by atoms with Crippen LogP contribution < -0.4 is 10.6 Å². The topological polar surface area (TPSA) is 132 Å². The fourth-order valence-electron chi connectivity index (χ4n) is 4.42. The summed E-state index contributed by atoms with van der Waals surface area (Å²) in [5.41, 5.74) is 1.95. The zero-order valence-electron chi connectivity index (χ0n) is 20.9. The number of rotatable bonds is 5. The molecule has 13 heteroatoms.